The summed E-state index contributed by atoms with van der Waals surface area (Å²) in [5.74, 6) is -0.339. The maximum atomic E-state index is 12.2. The molecule has 7 nitrogen and oxygen atoms in total. The fourth-order valence-electron chi connectivity index (χ4n) is 3.21. The van der Waals surface area contributed by atoms with Crippen LogP contribution in [0, 0.1) is 13.8 Å². The fraction of sp³-hybridized carbons (Fsp3) is 0.200. The van der Waals surface area contributed by atoms with Gasteiger partial charge in [0.15, 0.2) is 18.1 Å². The van der Waals surface area contributed by atoms with E-state index in [2.05, 4.69) is 26.6 Å². The van der Waals surface area contributed by atoms with Gasteiger partial charge >= 0.3 is 5.97 Å². The number of benzene rings is 3. The molecule has 0 heterocycles. The number of anilines is 2. The van der Waals surface area contributed by atoms with Gasteiger partial charge in [-0.15, -0.1) is 0 Å². The normalized spacial score (nSPS) is 10.4. The van der Waals surface area contributed by atoms with E-state index in [1.165, 1.54) is 7.11 Å². The molecule has 8 heteroatoms. The Hall–Kier alpha value is -3.52. The van der Waals surface area contributed by atoms with Crippen LogP contribution in [0.25, 0.3) is 0 Å². The predicted molar refractivity (Wildman–Crippen MR) is 131 cm³/mol. The van der Waals surface area contributed by atoms with E-state index in [1.807, 2.05) is 37.3 Å². The molecule has 0 spiro atoms. The Balaban J connectivity index is 1.67. The van der Waals surface area contributed by atoms with Crippen LogP contribution >= 0.6 is 15.9 Å². The number of carboxylic acid groups (broad SMARTS) is 1. The first kappa shape index (κ1) is 24.1. The first-order valence-corrected chi connectivity index (χ1v) is 11.0. The molecule has 0 saturated carbocycles. The highest BCUT2D eigenvalue weighted by atomic mass is 79.9. The van der Waals surface area contributed by atoms with Crippen molar-refractivity contribution in [2.45, 2.75) is 20.4 Å². The van der Waals surface area contributed by atoms with Crippen molar-refractivity contribution in [2.24, 2.45) is 0 Å². The average Bonchev–Trinajstić information content (AvgIpc) is 2.79. The van der Waals surface area contributed by atoms with Crippen molar-refractivity contribution in [1.29, 1.82) is 0 Å². The lowest BCUT2D eigenvalue weighted by Crippen LogP contribution is -2.20. The topological polar surface area (TPSA) is 96.9 Å². The molecule has 0 aliphatic carbocycles. The van der Waals surface area contributed by atoms with Crippen molar-refractivity contribution in [3.8, 4) is 11.5 Å². The highest BCUT2D eigenvalue weighted by Gasteiger charge is 2.14. The van der Waals surface area contributed by atoms with Gasteiger partial charge in [-0.2, -0.15) is 0 Å². The molecule has 172 valence electrons. The molecule has 3 N–H and O–H groups in total. The molecule has 0 saturated heterocycles. The molecular formula is C25H25BrN2O5. The minimum absolute atomic E-state index is 0.171. The van der Waals surface area contributed by atoms with Crippen LogP contribution in [0.2, 0.25) is 0 Å². The molecule has 0 bridgehead atoms. The summed E-state index contributed by atoms with van der Waals surface area (Å²) in [6.45, 7) is 4.00. The van der Waals surface area contributed by atoms with Crippen molar-refractivity contribution in [3.05, 3.63) is 81.3 Å². The Bertz CT molecular complexity index is 1160. The first-order chi connectivity index (χ1) is 15.8. The van der Waals surface area contributed by atoms with Gasteiger partial charge in [0.2, 0.25) is 0 Å². The Morgan fingerprint density at radius 2 is 1.76 bits per heavy atom. The van der Waals surface area contributed by atoms with Crippen LogP contribution in [-0.2, 0) is 11.3 Å². The molecule has 0 radical (unpaired) electrons. The second-order valence-electron chi connectivity index (χ2n) is 7.43. The zero-order valence-corrected chi connectivity index (χ0v) is 20.2. The third-order valence-electron chi connectivity index (χ3n) is 5.06. The lowest BCUT2D eigenvalue weighted by atomic mass is 10.1. The number of carbonyl (C=O) groups is 2. The highest BCUT2D eigenvalue weighted by molar-refractivity contribution is 9.10. The lowest BCUT2D eigenvalue weighted by Gasteiger charge is -2.16. The summed E-state index contributed by atoms with van der Waals surface area (Å²) in [5, 5.41) is 15.4. The minimum atomic E-state index is -0.966. The fourth-order valence-corrected chi connectivity index (χ4v) is 3.67. The average molecular weight is 513 g/mol. The van der Waals surface area contributed by atoms with Gasteiger partial charge in [-0.1, -0.05) is 39.7 Å². The van der Waals surface area contributed by atoms with Crippen LogP contribution in [0.3, 0.4) is 0 Å². The predicted octanol–water partition coefficient (Wildman–Crippen LogP) is 5.40. The van der Waals surface area contributed by atoms with Crippen molar-refractivity contribution in [1.82, 2.24) is 0 Å². The summed E-state index contributed by atoms with van der Waals surface area (Å²) in [6, 6.07) is 16.2. The molecule has 3 rings (SSSR count). The minimum Gasteiger partial charge on any atom is -0.493 e. The molecular weight excluding hydrogens is 488 g/mol. The number of methoxy groups -OCH3 is 1. The maximum absolute atomic E-state index is 12.2. The van der Waals surface area contributed by atoms with E-state index in [0.717, 1.165) is 21.3 Å². The maximum Gasteiger partial charge on any atom is 0.336 e. The SMILES string of the molecule is COc1cc(CNc2cccc(C(=O)O)c2C)c(Br)cc1OCC(=O)Nc1ccc(C)cc1. The van der Waals surface area contributed by atoms with Crippen LogP contribution in [0.4, 0.5) is 11.4 Å². The van der Waals surface area contributed by atoms with Crippen molar-refractivity contribution in [3.63, 3.8) is 0 Å². The Kier molecular flexibility index (Phi) is 7.95. The third-order valence-corrected chi connectivity index (χ3v) is 5.80. The molecule has 33 heavy (non-hydrogen) atoms. The molecule has 0 aromatic heterocycles. The number of hydrogen-bond acceptors (Lipinski definition) is 5. The molecule has 0 atom stereocenters. The Labute approximate surface area is 200 Å². The molecule has 0 aliphatic rings. The summed E-state index contributed by atoms with van der Waals surface area (Å²) >= 11 is 3.54. The van der Waals surface area contributed by atoms with E-state index in [4.69, 9.17) is 9.47 Å². The van der Waals surface area contributed by atoms with E-state index in [9.17, 15) is 14.7 Å². The van der Waals surface area contributed by atoms with Crippen molar-refractivity contribution in [2.75, 3.05) is 24.4 Å². The number of rotatable bonds is 9. The number of amides is 1. The number of halogens is 1. The molecule has 0 fully saturated rings. The summed E-state index contributed by atoms with van der Waals surface area (Å²) in [4.78, 5) is 23.6. The standard InChI is InChI=1S/C25H25BrN2O5/c1-15-7-9-18(10-8-15)28-24(29)14-33-23-12-20(26)17(11-22(23)32-3)13-27-21-6-4-5-19(16(21)2)25(30)31/h4-12,27H,13-14H2,1-3H3,(H,28,29)(H,30,31). The first-order valence-electron chi connectivity index (χ1n) is 10.2. The van der Waals surface area contributed by atoms with Gasteiger partial charge in [0, 0.05) is 22.4 Å². The van der Waals surface area contributed by atoms with Gasteiger partial charge in [-0.3, -0.25) is 4.79 Å². The van der Waals surface area contributed by atoms with Crippen LogP contribution < -0.4 is 20.1 Å². The zero-order chi connectivity index (χ0) is 24.0. The van der Waals surface area contributed by atoms with E-state index in [1.54, 1.807) is 31.2 Å². The van der Waals surface area contributed by atoms with Crippen LogP contribution in [0.5, 0.6) is 11.5 Å². The van der Waals surface area contributed by atoms with Gasteiger partial charge in [0.25, 0.3) is 5.91 Å². The number of aromatic carboxylic acids is 1. The number of aryl methyl sites for hydroxylation is 1. The summed E-state index contributed by atoms with van der Waals surface area (Å²) in [6.07, 6.45) is 0. The van der Waals surface area contributed by atoms with Crippen LogP contribution in [-0.4, -0.2) is 30.7 Å². The summed E-state index contributed by atoms with van der Waals surface area (Å²) < 4.78 is 11.9. The highest BCUT2D eigenvalue weighted by Crippen LogP contribution is 2.34. The Morgan fingerprint density at radius 3 is 2.42 bits per heavy atom. The van der Waals surface area contributed by atoms with Crippen molar-refractivity contribution >= 4 is 39.2 Å². The van der Waals surface area contributed by atoms with Crippen LogP contribution in [0.15, 0.2) is 59.1 Å². The van der Waals surface area contributed by atoms with E-state index >= 15 is 0 Å². The van der Waals surface area contributed by atoms with Gasteiger partial charge in [-0.25, -0.2) is 4.79 Å². The monoisotopic (exact) mass is 512 g/mol. The number of ether oxygens (including phenoxy) is 2. The number of nitrogens with one attached hydrogen (secondary N) is 2. The molecule has 3 aromatic rings. The smallest absolute Gasteiger partial charge is 0.336 e. The Morgan fingerprint density at radius 1 is 1.03 bits per heavy atom. The number of hydrogen-bond donors (Lipinski definition) is 3. The van der Waals surface area contributed by atoms with Crippen LogP contribution in [0.1, 0.15) is 27.0 Å². The summed E-state index contributed by atoms with van der Waals surface area (Å²) in [5.41, 5.74) is 4.33. The largest absolute Gasteiger partial charge is 0.493 e. The quantitative estimate of drug-likeness (QED) is 0.355. The van der Waals surface area contributed by atoms with Gasteiger partial charge < -0.3 is 25.2 Å². The second kappa shape index (κ2) is 10.9. The third kappa shape index (κ3) is 6.26. The van der Waals surface area contributed by atoms with E-state index in [-0.39, 0.29) is 18.1 Å². The number of carboxylic acids is 1. The van der Waals surface area contributed by atoms with E-state index < -0.39 is 5.97 Å². The molecule has 3 aromatic carbocycles. The van der Waals surface area contributed by atoms with Crippen molar-refractivity contribution < 1.29 is 24.2 Å². The summed E-state index contributed by atoms with van der Waals surface area (Å²) in [7, 11) is 1.53. The van der Waals surface area contributed by atoms with E-state index in [0.29, 0.717) is 29.3 Å². The molecule has 0 unspecified atom stereocenters. The molecule has 1 amide bonds. The van der Waals surface area contributed by atoms with Gasteiger partial charge in [-0.05, 0) is 61.4 Å². The zero-order valence-electron chi connectivity index (χ0n) is 18.6. The second-order valence-corrected chi connectivity index (χ2v) is 8.29. The van der Waals surface area contributed by atoms with Gasteiger partial charge in [0.1, 0.15) is 0 Å². The number of carbonyl (C=O) groups excluding carboxylic acids is 1. The van der Waals surface area contributed by atoms with Gasteiger partial charge in [0.05, 0.1) is 12.7 Å². The molecule has 0 aliphatic heterocycles. The lowest BCUT2D eigenvalue weighted by molar-refractivity contribution is -0.118.